The summed E-state index contributed by atoms with van der Waals surface area (Å²) in [7, 11) is 2.87. The molecule has 1 N–H and O–H groups in total. The van der Waals surface area contributed by atoms with Gasteiger partial charge in [-0.05, 0) is 24.6 Å². The van der Waals surface area contributed by atoms with E-state index in [-0.39, 0.29) is 24.8 Å². The topological polar surface area (TPSA) is 64.6 Å². The molecule has 5 nitrogen and oxygen atoms in total. The average Bonchev–Trinajstić information content (AvgIpc) is 2.38. The monoisotopic (exact) mass is 251 g/mol. The Morgan fingerprint density at radius 3 is 2.61 bits per heavy atom. The van der Waals surface area contributed by atoms with E-state index in [4.69, 9.17) is 4.74 Å². The molecule has 0 aliphatic carbocycles. The lowest BCUT2D eigenvalue weighted by Crippen LogP contribution is -2.26. The largest absolute Gasteiger partial charge is 0.496 e. The fraction of sp³-hybridized carbons (Fsp3) is 0.385. The van der Waals surface area contributed by atoms with E-state index in [9.17, 15) is 9.59 Å². The van der Waals surface area contributed by atoms with Gasteiger partial charge in [-0.3, -0.25) is 9.59 Å². The zero-order valence-corrected chi connectivity index (χ0v) is 10.8. The highest BCUT2D eigenvalue weighted by Crippen LogP contribution is 2.18. The number of aryl methyl sites for hydroxylation is 1. The highest BCUT2D eigenvalue weighted by molar-refractivity contribution is 5.94. The van der Waals surface area contributed by atoms with Crippen LogP contribution in [0.25, 0.3) is 0 Å². The number of carbonyl (C=O) groups excluding carboxylic acids is 2. The van der Waals surface area contributed by atoms with E-state index < -0.39 is 0 Å². The Bertz CT molecular complexity index is 443. The third-order valence-corrected chi connectivity index (χ3v) is 2.51. The molecule has 1 amide bonds. The SMILES string of the molecule is COC(=O)CCNC(=O)c1ccc(C)c(OC)c1. The molecule has 1 rings (SSSR count). The van der Waals surface area contributed by atoms with Gasteiger partial charge in [-0.2, -0.15) is 0 Å². The Balaban J connectivity index is 2.59. The van der Waals surface area contributed by atoms with Crippen molar-refractivity contribution in [1.29, 1.82) is 0 Å². The quantitative estimate of drug-likeness (QED) is 0.801. The van der Waals surface area contributed by atoms with Crippen molar-refractivity contribution in [2.75, 3.05) is 20.8 Å². The normalized spacial score (nSPS) is 9.72. The molecule has 18 heavy (non-hydrogen) atoms. The molecule has 0 atom stereocenters. The number of carbonyl (C=O) groups is 2. The van der Waals surface area contributed by atoms with Gasteiger partial charge in [0.25, 0.3) is 5.91 Å². The number of hydrogen-bond donors (Lipinski definition) is 1. The third kappa shape index (κ3) is 3.76. The third-order valence-electron chi connectivity index (χ3n) is 2.51. The molecule has 0 saturated heterocycles. The molecule has 1 aromatic carbocycles. The minimum absolute atomic E-state index is 0.158. The van der Waals surface area contributed by atoms with Crippen LogP contribution < -0.4 is 10.1 Å². The first-order valence-corrected chi connectivity index (χ1v) is 5.58. The van der Waals surface area contributed by atoms with Crippen LogP contribution in [0.15, 0.2) is 18.2 Å². The smallest absolute Gasteiger partial charge is 0.307 e. The molecule has 0 aromatic heterocycles. The van der Waals surface area contributed by atoms with E-state index in [0.29, 0.717) is 11.3 Å². The zero-order valence-electron chi connectivity index (χ0n) is 10.8. The van der Waals surface area contributed by atoms with Gasteiger partial charge in [-0.15, -0.1) is 0 Å². The summed E-state index contributed by atoms with van der Waals surface area (Å²) >= 11 is 0. The van der Waals surface area contributed by atoms with E-state index in [1.807, 2.05) is 13.0 Å². The Hall–Kier alpha value is -2.04. The van der Waals surface area contributed by atoms with Gasteiger partial charge in [0.2, 0.25) is 0 Å². The number of rotatable bonds is 5. The van der Waals surface area contributed by atoms with E-state index >= 15 is 0 Å². The molecule has 1 aromatic rings. The lowest BCUT2D eigenvalue weighted by molar-refractivity contribution is -0.140. The molecule has 5 heteroatoms. The lowest BCUT2D eigenvalue weighted by atomic mass is 10.1. The molecule has 0 radical (unpaired) electrons. The predicted octanol–water partition coefficient (Wildman–Crippen LogP) is 1.30. The van der Waals surface area contributed by atoms with Crippen LogP contribution in [0.3, 0.4) is 0 Å². The summed E-state index contributed by atoms with van der Waals surface area (Å²) < 4.78 is 9.62. The molecule has 0 saturated carbocycles. The van der Waals surface area contributed by atoms with E-state index in [1.54, 1.807) is 19.2 Å². The molecule has 0 unspecified atom stereocenters. The van der Waals surface area contributed by atoms with Crippen LogP contribution >= 0.6 is 0 Å². The van der Waals surface area contributed by atoms with E-state index in [1.165, 1.54) is 7.11 Å². The maximum atomic E-state index is 11.8. The number of esters is 1. The summed E-state index contributed by atoms with van der Waals surface area (Å²) in [5, 5.41) is 2.64. The number of methoxy groups -OCH3 is 2. The minimum atomic E-state index is -0.350. The van der Waals surface area contributed by atoms with Crippen LogP contribution in [-0.4, -0.2) is 32.6 Å². The Morgan fingerprint density at radius 2 is 2.00 bits per heavy atom. The number of benzene rings is 1. The van der Waals surface area contributed by atoms with Crippen LogP contribution in [-0.2, 0) is 9.53 Å². The second-order valence-corrected chi connectivity index (χ2v) is 3.77. The Morgan fingerprint density at radius 1 is 1.28 bits per heavy atom. The molecule has 0 bridgehead atoms. The number of nitrogens with one attached hydrogen (secondary N) is 1. The molecular formula is C13H17NO4. The fourth-order valence-corrected chi connectivity index (χ4v) is 1.44. The van der Waals surface area contributed by atoms with Crippen molar-refractivity contribution in [3.05, 3.63) is 29.3 Å². The van der Waals surface area contributed by atoms with Gasteiger partial charge in [0.15, 0.2) is 0 Å². The lowest BCUT2D eigenvalue weighted by Gasteiger charge is -2.08. The summed E-state index contributed by atoms with van der Waals surface area (Å²) in [5.41, 5.74) is 1.46. The van der Waals surface area contributed by atoms with Crippen molar-refractivity contribution in [2.45, 2.75) is 13.3 Å². The maximum Gasteiger partial charge on any atom is 0.307 e. The first kappa shape index (κ1) is 14.0. The highest BCUT2D eigenvalue weighted by Gasteiger charge is 2.09. The van der Waals surface area contributed by atoms with Crippen LogP contribution in [0, 0.1) is 6.92 Å². The van der Waals surface area contributed by atoms with Crippen LogP contribution in [0.2, 0.25) is 0 Å². The van der Waals surface area contributed by atoms with Gasteiger partial charge in [0, 0.05) is 12.1 Å². The fourth-order valence-electron chi connectivity index (χ4n) is 1.44. The summed E-state index contributed by atoms with van der Waals surface area (Å²) in [6.45, 7) is 2.15. The second kappa shape index (κ2) is 6.64. The maximum absolute atomic E-state index is 11.8. The van der Waals surface area contributed by atoms with Gasteiger partial charge in [-0.1, -0.05) is 6.07 Å². The molecule has 0 heterocycles. The molecular weight excluding hydrogens is 234 g/mol. The van der Waals surface area contributed by atoms with Gasteiger partial charge in [0.1, 0.15) is 5.75 Å². The zero-order chi connectivity index (χ0) is 13.5. The molecule has 0 spiro atoms. The first-order valence-electron chi connectivity index (χ1n) is 5.58. The molecule has 0 fully saturated rings. The van der Waals surface area contributed by atoms with Crippen LogP contribution in [0.4, 0.5) is 0 Å². The summed E-state index contributed by atoms with van der Waals surface area (Å²) in [4.78, 5) is 22.7. The van der Waals surface area contributed by atoms with Crippen molar-refractivity contribution in [1.82, 2.24) is 5.32 Å². The predicted molar refractivity (Wildman–Crippen MR) is 66.7 cm³/mol. The van der Waals surface area contributed by atoms with Gasteiger partial charge in [0.05, 0.1) is 20.6 Å². The number of amides is 1. The van der Waals surface area contributed by atoms with E-state index in [2.05, 4.69) is 10.1 Å². The van der Waals surface area contributed by atoms with Gasteiger partial charge < -0.3 is 14.8 Å². The number of ether oxygens (including phenoxy) is 2. The van der Waals surface area contributed by atoms with Crippen molar-refractivity contribution >= 4 is 11.9 Å². The van der Waals surface area contributed by atoms with Crippen LogP contribution in [0.5, 0.6) is 5.75 Å². The van der Waals surface area contributed by atoms with Crippen LogP contribution in [0.1, 0.15) is 22.3 Å². The molecule has 0 aliphatic rings. The van der Waals surface area contributed by atoms with Gasteiger partial charge in [-0.25, -0.2) is 0 Å². The van der Waals surface area contributed by atoms with Crippen molar-refractivity contribution in [3.8, 4) is 5.75 Å². The highest BCUT2D eigenvalue weighted by atomic mass is 16.5. The second-order valence-electron chi connectivity index (χ2n) is 3.77. The number of hydrogen-bond acceptors (Lipinski definition) is 4. The summed E-state index contributed by atoms with van der Waals surface area (Å²) in [5.74, 6) is 0.0737. The first-order chi connectivity index (χ1) is 8.58. The van der Waals surface area contributed by atoms with E-state index in [0.717, 1.165) is 5.56 Å². The Labute approximate surface area is 106 Å². The standard InChI is InChI=1S/C13H17NO4/c1-9-4-5-10(8-11(9)17-2)13(16)14-7-6-12(15)18-3/h4-5,8H,6-7H2,1-3H3,(H,14,16). The summed E-state index contributed by atoms with van der Waals surface area (Å²) in [6.07, 6.45) is 0.158. The molecule has 98 valence electrons. The Kier molecular flexibility index (Phi) is 5.17. The summed E-state index contributed by atoms with van der Waals surface area (Å²) in [6, 6.07) is 5.20. The minimum Gasteiger partial charge on any atom is -0.496 e. The van der Waals surface area contributed by atoms with Crippen molar-refractivity contribution < 1.29 is 19.1 Å². The molecule has 0 aliphatic heterocycles. The van der Waals surface area contributed by atoms with Gasteiger partial charge >= 0.3 is 5.97 Å². The van der Waals surface area contributed by atoms with Crippen molar-refractivity contribution in [3.63, 3.8) is 0 Å². The van der Waals surface area contributed by atoms with Crippen molar-refractivity contribution in [2.24, 2.45) is 0 Å². The average molecular weight is 251 g/mol.